The van der Waals surface area contributed by atoms with Gasteiger partial charge in [0.25, 0.3) is 0 Å². The first-order valence-corrected chi connectivity index (χ1v) is 9.09. The van der Waals surface area contributed by atoms with Crippen LogP contribution in [0.3, 0.4) is 0 Å². The van der Waals surface area contributed by atoms with Crippen LogP contribution in [0.2, 0.25) is 0 Å². The summed E-state index contributed by atoms with van der Waals surface area (Å²) >= 11 is 0. The van der Waals surface area contributed by atoms with Crippen molar-refractivity contribution in [3.05, 3.63) is 47.5 Å². The van der Waals surface area contributed by atoms with Crippen LogP contribution < -0.4 is 24.3 Å². The summed E-state index contributed by atoms with van der Waals surface area (Å²) in [5, 5.41) is 3.03. The van der Waals surface area contributed by atoms with Crippen LogP contribution in [0.5, 0.6) is 23.0 Å². The monoisotopic (exact) mass is 371 g/mol. The number of carbonyl (C=O) groups excluding carboxylic acids is 1. The van der Waals surface area contributed by atoms with E-state index in [9.17, 15) is 4.79 Å². The van der Waals surface area contributed by atoms with Crippen molar-refractivity contribution in [3.8, 4) is 23.0 Å². The molecule has 1 amide bonds. The van der Waals surface area contributed by atoms with Crippen molar-refractivity contribution < 1.29 is 23.7 Å². The molecule has 1 aliphatic rings. The molecule has 1 aliphatic heterocycles. The summed E-state index contributed by atoms with van der Waals surface area (Å²) in [4.78, 5) is 12.3. The predicted molar refractivity (Wildman–Crippen MR) is 102 cm³/mol. The number of aryl methyl sites for hydroxylation is 1. The van der Waals surface area contributed by atoms with E-state index >= 15 is 0 Å². The summed E-state index contributed by atoms with van der Waals surface area (Å²) in [7, 11) is 1.61. The minimum absolute atomic E-state index is 0.00646. The minimum Gasteiger partial charge on any atom is -0.493 e. The van der Waals surface area contributed by atoms with Crippen LogP contribution >= 0.6 is 0 Å². The van der Waals surface area contributed by atoms with E-state index in [2.05, 4.69) is 5.32 Å². The third kappa shape index (κ3) is 4.64. The number of hydrogen-bond donors (Lipinski definition) is 1. The molecule has 3 rings (SSSR count). The van der Waals surface area contributed by atoms with E-state index in [-0.39, 0.29) is 18.7 Å². The molecule has 0 aromatic heterocycles. The Morgan fingerprint density at radius 3 is 2.74 bits per heavy atom. The molecule has 27 heavy (non-hydrogen) atoms. The Morgan fingerprint density at radius 1 is 1.15 bits per heavy atom. The Hall–Kier alpha value is -2.89. The van der Waals surface area contributed by atoms with Gasteiger partial charge in [0.05, 0.1) is 19.8 Å². The third-order valence-electron chi connectivity index (χ3n) is 4.44. The predicted octanol–water partition coefficient (Wildman–Crippen LogP) is 3.63. The fourth-order valence-electron chi connectivity index (χ4n) is 2.98. The van der Waals surface area contributed by atoms with Gasteiger partial charge >= 0.3 is 0 Å². The van der Waals surface area contributed by atoms with Crippen molar-refractivity contribution in [3.63, 3.8) is 0 Å². The van der Waals surface area contributed by atoms with Crippen molar-refractivity contribution in [2.75, 3.05) is 20.5 Å². The van der Waals surface area contributed by atoms with Crippen LogP contribution in [0.1, 0.15) is 37.4 Å². The van der Waals surface area contributed by atoms with Gasteiger partial charge in [0.1, 0.15) is 0 Å². The maximum atomic E-state index is 12.3. The molecule has 0 aliphatic carbocycles. The standard InChI is InChI=1S/C21H25NO5/c1-4-25-17-9-7-16(12-19(17)24-3)14(2)22-21(23)10-6-15-5-8-18-20(11-15)27-13-26-18/h5,7-9,11-12,14H,4,6,10,13H2,1-3H3,(H,22,23). The van der Waals surface area contributed by atoms with Crippen molar-refractivity contribution in [1.29, 1.82) is 0 Å². The fourth-order valence-corrected chi connectivity index (χ4v) is 2.98. The molecule has 6 nitrogen and oxygen atoms in total. The van der Waals surface area contributed by atoms with E-state index in [1.165, 1.54) is 0 Å². The number of ether oxygens (including phenoxy) is 4. The highest BCUT2D eigenvalue weighted by atomic mass is 16.7. The van der Waals surface area contributed by atoms with Gasteiger partial charge in [0, 0.05) is 6.42 Å². The molecule has 1 atom stereocenters. The number of carbonyl (C=O) groups is 1. The number of hydrogen-bond acceptors (Lipinski definition) is 5. The van der Waals surface area contributed by atoms with Crippen LogP contribution in [-0.2, 0) is 11.2 Å². The summed E-state index contributed by atoms with van der Waals surface area (Å²) in [6.45, 7) is 4.70. The first-order chi connectivity index (χ1) is 13.1. The summed E-state index contributed by atoms with van der Waals surface area (Å²) < 4.78 is 21.6. The molecule has 0 fully saturated rings. The number of fused-ring (bicyclic) bond motifs is 1. The maximum absolute atomic E-state index is 12.3. The lowest BCUT2D eigenvalue weighted by molar-refractivity contribution is -0.121. The molecule has 2 aromatic rings. The molecule has 0 radical (unpaired) electrons. The molecule has 6 heteroatoms. The van der Waals surface area contributed by atoms with Crippen LogP contribution in [0.15, 0.2) is 36.4 Å². The summed E-state index contributed by atoms with van der Waals surface area (Å²) in [6.07, 6.45) is 1.04. The maximum Gasteiger partial charge on any atom is 0.231 e. The van der Waals surface area contributed by atoms with Gasteiger partial charge in [-0.1, -0.05) is 12.1 Å². The molecular formula is C21H25NO5. The smallest absolute Gasteiger partial charge is 0.231 e. The number of rotatable bonds is 8. The van der Waals surface area contributed by atoms with E-state index in [1.807, 2.05) is 50.2 Å². The average Bonchev–Trinajstić information content (AvgIpc) is 3.14. The molecule has 144 valence electrons. The molecule has 0 bridgehead atoms. The second-order valence-corrected chi connectivity index (χ2v) is 6.32. The first-order valence-electron chi connectivity index (χ1n) is 9.09. The van der Waals surface area contributed by atoms with Crippen molar-refractivity contribution in [2.24, 2.45) is 0 Å². The molecule has 1 heterocycles. The first kappa shape index (κ1) is 18.9. The molecule has 1 N–H and O–H groups in total. The Labute approximate surface area is 159 Å². The van der Waals surface area contributed by atoms with E-state index in [0.29, 0.717) is 30.9 Å². The van der Waals surface area contributed by atoms with E-state index in [4.69, 9.17) is 18.9 Å². The van der Waals surface area contributed by atoms with Gasteiger partial charge in [0.15, 0.2) is 23.0 Å². The average molecular weight is 371 g/mol. The molecular weight excluding hydrogens is 346 g/mol. The molecule has 0 saturated carbocycles. The van der Waals surface area contributed by atoms with Gasteiger partial charge in [-0.15, -0.1) is 0 Å². The van der Waals surface area contributed by atoms with Crippen LogP contribution in [0, 0.1) is 0 Å². The lowest BCUT2D eigenvalue weighted by Crippen LogP contribution is -2.26. The summed E-state index contributed by atoms with van der Waals surface area (Å²) in [5.74, 6) is 2.85. The molecule has 1 unspecified atom stereocenters. The molecule has 0 saturated heterocycles. The third-order valence-corrected chi connectivity index (χ3v) is 4.44. The van der Waals surface area contributed by atoms with Gasteiger partial charge in [-0.05, 0) is 55.7 Å². The van der Waals surface area contributed by atoms with Gasteiger partial charge in [-0.2, -0.15) is 0 Å². The second kappa shape index (κ2) is 8.66. The fraction of sp³-hybridized carbons (Fsp3) is 0.381. The van der Waals surface area contributed by atoms with E-state index in [1.54, 1.807) is 7.11 Å². The van der Waals surface area contributed by atoms with E-state index < -0.39 is 0 Å². The lowest BCUT2D eigenvalue weighted by Gasteiger charge is -2.17. The number of nitrogens with one attached hydrogen (secondary N) is 1. The van der Waals surface area contributed by atoms with Crippen molar-refractivity contribution >= 4 is 5.91 Å². The van der Waals surface area contributed by atoms with Crippen LogP contribution in [-0.4, -0.2) is 26.4 Å². The molecule has 2 aromatic carbocycles. The van der Waals surface area contributed by atoms with Gasteiger partial charge < -0.3 is 24.3 Å². The second-order valence-electron chi connectivity index (χ2n) is 6.32. The Kier molecular flexibility index (Phi) is 6.06. The zero-order valence-electron chi connectivity index (χ0n) is 15.9. The quantitative estimate of drug-likeness (QED) is 0.768. The normalized spacial score (nSPS) is 13.1. The highest BCUT2D eigenvalue weighted by Gasteiger charge is 2.15. The van der Waals surface area contributed by atoms with Crippen molar-refractivity contribution in [1.82, 2.24) is 5.32 Å². The summed E-state index contributed by atoms with van der Waals surface area (Å²) in [5.41, 5.74) is 2.01. The Balaban J connectivity index is 1.55. The highest BCUT2D eigenvalue weighted by molar-refractivity contribution is 5.76. The zero-order valence-corrected chi connectivity index (χ0v) is 15.9. The SMILES string of the molecule is CCOc1ccc(C(C)NC(=O)CCc2ccc3c(c2)OCO3)cc1OC. The number of methoxy groups -OCH3 is 1. The van der Waals surface area contributed by atoms with Gasteiger partial charge in [-0.25, -0.2) is 0 Å². The summed E-state index contributed by atoms with van der Waals surface area (Å²) in [6, 6.07) is 11.3. The van der Waals surface area contributed by atoms with Crippen LogP contribution in [0.25, 0.3) is 0 Å². The van der Waals surface area contributed by atoms with E-state index in [0.717, 1.165) is 22.6 Å². The molecule has 0 spiro atoms. The lowest BCUT2D eigenvalue weighted by atomic mass is 10.1. The topological polar surface area (TPSA) is 66.0 Å². The Bertz CT molecular complexity index is 805. The number of benzene rings is 2. The highest BCUT2D eigenvalue weighted by Crippen LogP contribution is 2.33. The minimum atomic E-state index is -0.126. The van der Waals surface area contributed by atoms with Crippen molar-refractivity contribution in [2.45, 2.75) is 32.7 Å². The largest absolute Gasteiger partial charge is 0.493 e. The zero-order chi connectivity index (χ0) is 19.2. The van der Waals surface area contributed by atoms with Gasteiger partial charge in [0.2, 0.25) is 12.7 Å². The van der Waals surface area contributed by atoms with Crippen LogP contribution in [0.4, 0.5) is 0 Å². The number of amides is 1. The van der Waals surface area contributed by atoms with Gasteiger partial charge in [-0.3, -0.25) is 4.79 Å². The Morgan fingerprint density at radius 2 is 1.96 bits per heavy atom.